The molecule has 4 amide bonds. The van der Waals surface area contributed by atoms with E-state index in [0.717, 1.165) is 14.8 Å². The van der Waals surface area contributed by atoms with Crippen LogP contribution in [0.1, 0.15) is 20.1 Å². The summed E-state index contributed by atoms with van der Waals surface area (Å²) >= 11 is 1.51. The predicted octanol–water partition coefficient (Wildman–Crippen LogP) is 0.562. The second-order valence-electron chi connectivity index (χ2n) is 3.71. The summed E-state index contributed by atoms with van der Waals surface area (Å²) in [4.78, 5) is 35.9. The van der Waals surface area contributed by atoms with Crippen molar-refractivity contribution in [1.82, 2.24) is 15.8 Å². The van der Waals surface area contributed by atoms with E-state index in [1.807, 2.05) is 13.8 Å². The molecule has 1 aliphatic heterocycles. The van der Waals surface area contributed by atoms with Gasteiger partial charge in [0, 0.05) is 9.75 Å². The summed E-state index contributed by atoms with van der Waals surface area (Å²) in [5.74, 6) is -0.801. The summed E-state index contributed by atoms with van der Waals surface area (Å²) in [5, 5.41) is 3.05. The van der Waals surface area contributed by atoms with Crippen molar-refractivity contribution < 1.29 is 14.4 Å². The van der Waals surface area contributed by atoms with E-state index in [9.17, 15) is 14.4 Å². The Balaban J connectivity index is 2.10. The normalized spacial score (nSPS) is 15.1. The third-order valence-corrected chi connectivity index (χ3v) is 3.28. The van der Waals surface area contributed by atoms with Crippen LogP contribution in [0.15, 0.2) is 6.07 Å². The highest BCUT2D eigenvalue weighted by Crippen LogP contribution is 2.20. The Labute approximate surface area is 102 Å². The van der Waals surface area contributed by atoms with Gasteiger partial charge in [-0.25, -0.2) is 9.80 Å². The van der Waals surface area contributed by atoms with E-state index in [2.05, 4.69) is 10.7 Å². The standard InChI is InChI=1S/C10H11N3O3S/c1-5-3-7(6(2)17-5)9(15)12-13-4-8(14)11-10(13)16/h3H,4H2,1-2H3,(H,12,15)(H,11,14,16). The fourth-order valence-electron chi connectivity index (χ4n) is 1.57. The molecule has 1 aromatic heterocycles. The first-order chi connectivity index (χ1) is 7.97. The Morgan fingerprint density at radius 3 is 2.65 bits per heavy atom. The molecular formula is C10H11N3O3S. The van der Waals surface area contributed by atoms with Gasteiger partial charge in [0.25, 0.3) is 5.91 Å². The highest BCUT2D eigenvalue weighted by molar-refractivity contribution is 7.12. The summed E-state index contributed by atoms with van der Waals surface area (Å²) in [6.45, 7) is 3.59. The van der Waals surface area contributed by atoms with Crippen LogP contribution in [0.25, 0.3) is 0 Å². The molecule has 1 aliphatic rings. The second-order valence-corrected chi connectivity index (χ2v) is 5.17. The number of hydrogen-bond donors (Lipinski definition) is 2. The van der Waals surface area contributed by atoms with E-state index >= 15 is 0 Å². The number of amides is 4. The van der Waals surface area contributed by atoms with Crippen molar-refractivity contribution in [2.75, 3.05) is 6.54 Å². The highest BCUT2D eigenvalue weighted by atomic mass is 32.1. The summed E-state index contributed by atoms with van der Waals surface area (Å²) in [6, 6.07) is 1.15. The lowest BCUT2D eigenvalue weighted by Crippen LogP contribution is -2.44. The molecule has 6 nitrogen and oxygen atoms in total. The number of carbonyl (C=O) groups is 3. The Bertz CT molecular complexity index is 509. The Morgan fingerprint density at radius 2 is 2.18 bits per heavy atom. The first-order valence-corrected chi connectivity index (χ1v) is 5.78. The number of nitrogens with zero attached hydrogens (tertiary/aromatic N) is 1. The van der Waals surface area contributed by atoms with Crippen molar-refractivity contribution in [2.45, 2.75) is 13.8 Å². The lowest BCUT2D eigenvalue weighted by Gasteiger charge is -2.14. The van der Waals surface area contributed by atoms with Gasteiger partial charge in [0.15, 0.2) is 0 Å². The van der Waals surface area contributed by atoms with Crippen LogP contribution in [0.5, 0.6) is 0 Å². The van der Waals surface area contributed by atoms with Crippen LogP contribution in [-0.2, 0) is 4.79 Å². The van der Waals surface area contributed by atoms with Crippen molar-refractivity contribution in [3.8, 4) is 0 Å². The zero-order chi connectivity index (χ0) is 12.6. The molecule has 0 atom stereocenters. The Kier molecular flexibility index (Phi) is 2.84. The molecule has 2 rings (SSSR count). The van der Waals surface area contributed by atoms with Crippen LogP contribution in [0.3, 0.4) is 0 Å². The molecule has 0 bridgehead atoms. The molecule has 0 unspecified atom stereocenters. The molecule has 0 aromatic carbocycles. The molecule has 1 aromatic rings. The molecule has 1 fully saturated rings. The molecule has 17 heavy (non-hydrogen) atoms. The van der Waals surface area contributed by atoms with Gasteiger partial charge in [-0.15, -0.1) is 11.3 Å². The quantitative estimate of drug-likeness (QED) is 0.756. The highest BCUT2D eigenvalue weighted by Gasteiger charge is 2.28. The van der Waals surface area contributed by atoms with Crippen LogP contribution in [0, 0.1) is 13.8 Å². The van der Waals surface area contributed by atoms with Crippen LogP contribution in [0.4, 0.5) is 4.79 Å². The largest absolute Gasteiger partial charge is 0.343 e. The van der Waals surface area contributed by atoms with Crippen molar-refractivity contribution in [3.63, 3.8) is 0 Å². The second kappa shape index (κ2) is 4.17. The number of hydrogen-bond acceptors (Lipinski definition) is 4. The van der Waals surface area contributed by atoms with Crippen LogP contribution in [-0.4, -0.2) is 29.4 Å². The van der Waals surface area contributed by atoms with E-state index in [4.69, 9.17) is 0 Å². The molecule has 0 spiro atoms. The first-order valence-electron chi connectivity index (χ1n) is 4.96. The number of carbonyl (C=O) groups excluding carboxylic acids is 3. The molecule has 1 saturated heterocycles. The SMILES string of the molecule is Cc1cc(C(=O)NN2CC(=O)NC2=O)c(C)s1. The fraction of sp³-hybridized carbons (Fsp3) is 0.300. The fourth-order valence-corrected chi connectivity index (χ4v) is 2.49. The van der Waals surface area contributed by atoms with Gasteiger partial charge in [0.2, 0.25) is 5.91 Å². The molecular weight excluding hydrogens is 242 g/mol. The zero-order valence-electron chi connectivity index (χ0n) is 9.36. The summed E-state index contributed by atoms with van der Waals surface area (Å²) in [6.07, 6.45) is 0. The third kappa shape index (κ3) is 2.28. The summed E-state index contributed by atoms with van der Waals surface area (Å²) in [7, 11) is 0. The zero-order valence-corrected chi connectivity index (χ0v) is 10.2. The molecule has 0 radical (unpaired) electrons. The lowest BCUT2D eigenvalue weighted by atomic mass is 10.2. The average Bonchev–Trinajstić information content (AvgIpc) is 2.70. The van der Waals surface area contributed by atoms with Gasteiger partial charge in [-0.05, 0) is 19.9 Å². The van der Waals surface area contributed by atoms with Gasteiger partial charge in [0.05, 0.1) is 5.56 Å². The number of urea groups is 1. The smallest absolute Gasteiger partial charge is 0.275 e. The minimum atomic E-state index is -0.604. The maximum atomic E-state index is 11.8. The molecule has 90 valence electrons. The topological polar surface area (TPSA) is 78.5 Å². The molecule has 7 heteroatoms. The monoisotopic (exact) mass is 253 g/mol. The van der Waals surface area contributed by atoms with Gasteiger partial charge in [0.1, 0.15) is 6.54 Å². The minimum Gasteiger partial charge on any atom is -0.275 e. The number of aryl methyl sites for hydroxylation is 2. The number of rotatable bonds is 2. The van der Waals surface area contributed by atoms with Gasteiger partial charge in [-0.2, -0.15) is 0 Å². The van der Waals surface area contributed by atoms with Gasteiger partial charge < -0.3 is 0 Å². The van der Waals surface area contributed by atoms with Crippen molar-refractivity contribution in [3.05, 3.63) is 21.4 Å². The minimum absolute atomic E-state index is 0.146. The van der Waals surface area contributed by atoms with E-state index < -0.39 is 11.9 Å². The Morgan fingerprint density at radius 1 is 1.47 bits per heavy atom. The van der Waals surface area contributed by atoms with Crippen LogP contribution < -0.4 is 10.7 Å². The molecule has 0 aliphatic carbocycles. The number of thiophene rings is 1. The maximum Gasteiger partial charge on any atom is 0.343 e. The van der Waals surface area contributed by atoms with E-state index in [1.165, 1.54) is 11.3 Å². The van der Waals surface area contributed by atoms with Crippen molar-refractivity contribution >= 4 is 29.2 Å². The van der Waals surface area contributed by atoms with Crippen molar-refractivity contribution in [1.29, 1.82) is 0 Å². The van der Waals surface area contributed by atoms with E-state index in [1.54, 1.807) is 6.07 Å². The average molecular weight is 253 g/mol. The number of imide groups is 1. The van der Waals surface area contributed by atoms with E-state index in [0.29, 0.717) is 5.56 Å². The van der Waals surface area contributed by atoms with Crippen molar-refractivity contribution in [2.24, 2.45) is 0 Å². The maximum absolute atomic E-state index is 11.8. The van der Waals surface area contributed by atoms with Gasteiger partial charge >= 0.3 is 6.03 Å². The summed E-state index contributed by atoms with van der Waals surface area (Å²) < 4.78 is 0. The van der Waals surface area contributed by atoms with Crippen LogP contribution in [0.2, 0.25) is 0 Å². The number of hydrazine groups is 1. The van der Waals surface area contributed by atoms with E-state index in [-0.39, 0.29) is 12.5 Å². The van der Waals surface area contributed by atoms with Gasteiger partial charge in [-0.1, -0.05) is 0 Å². The molecule has 2 N–H and O–H groups in total. The molecule has 0 saturated carbocycles. The third-order valence-electron chi connectivity index (χ3n) is 2.32. The lowest BCUT2D eigenvalue weighted by molar-refractivity contribution is -0.118. The predicted molar refractivity (Wildman–Crippen MR) is 61.5 cm³/mol. The Hall–Kier alpha value is -1.89. The summed E-state index contributed by atoms with van der Waals surface area (Å²) in [5.41, 5.74) is 2.93. The van der Waals surface area contributed by atoms with Gasteiger partial charge in [-0.3, -0.25) is 20.3 Å². The molecule has 2 heterocycles. The van der Waals surface area contributed by atoms with Crippen LogP contribution >= 0.6 is 11.3 Å². The first kappa shape index (κ1) is 11.6. The number of nitrogens with one attached hydrogen (secondary N) is 2.